The molecular formula is C11H9NO4. The van der Waals surface area contributed by atoms with E-state index in [2.05, 4.69) is 0 Å². The van der Waals surface area contributed by atoms with Gasteiger partial charge in [0.15, 0.2) is 6.29 Å². The fourth-order valence-corrected chi connectivity index (χ4v) is 1.44. The smallest absolute Gasteiger partial charge is 0.205 e. The van der Waals surface area contributed by atoms with Gasteiger partial charge in [0.05, 0.1) is 12.5 Å². The Bertz CT molecular complexity index is 615. The lowest BCUT2D eigenvalue weighted by Crippen LogP contribution is -2.11. The van der Waals surface area contributed by atoms with Crippen molar-refractivity contribution < 1.29 is 13.9 Å². The third-order valence-electron chi connectivity index (χ3n) is 2.28. The van der Waals surface area contributed by atoms with Gasteiger partial charge in [-0.05, 0) is 12.1 Å². The van der Waals surface area contributed by atoms with E-state index in [0.29, 0.717) is 23.0 Å². The molecule has 2 rings (SSSR count). The standard InChI is InChI=1S/C11H9NO4/c1-15-6-2-3-7-9(4-6)16-11(12)8(5-13)10(7)14/h2-5H,12H2,1H3. The second-order valence-corrected chi connectivity index (χ2v) is 3.19. The Balaban J connectivity index is 2.87. The van der Waals surface area contributed by atoms with E-state index in [9.17, 15) is 9.59 Å². The van der Waals surface area contributed by atoms with E-state index in [-0.39, 0.29) is 11.4 Å². The van der Waals surface area contributed by atoms with Crippen LogP contribution in [0.3, 0.4) is 0 Å². The Kier molecular flexibility index (Phi) is 2.36. The molecule has 5 nitrogen and oxygen atoms in total. The predicted octanol–water partition coefficient (Wildman–Crippen LogP) is 1.20. The Hall–Kier alpha value is -2.30. The van der Waals surface area contributed by atoms with Gasteiger partial charge in [-0.15, -0.1) is 0 Å². The Morgan fingerprint density at radius 1 is 1.44 bits per heavy atom. The first-order chi connectivity index (χ1) is 7.67. The number of methoxy groups -OCH3 is 1. The summed E-state index contributed by atoms with van der Waals surface area (Å²) in [6.45, 7) is 0. The first-order valence-electron chi connectivity index (χ1n) is 4.53. The van der Waals surface area contributed by atoms with Crippen LogP contribution < -0.4 is 15.9 Å². The molecule has 0 atom stereocenters. The zero-order chi connectivity index (χ0) is 11.7. The highest BCUT2D eigenvalue weighted by Gasteiger charge is 2.11. The van der Waals surface area contributed by atoms with Crippen LogP contribution in [-0.4, -0.2) is 13.4 Å². The van der Waals surface area contributed by atoms with Crippen LogP contribution in [0.5, 0.6) is 5.75 Å². The Labute approximate surface area is 90.4 Å². The van der Waals surface area contributed by atoms with Gasteiger partial charge in [-0.2, -0.15) is 0 Å². The number of anilines is 1. The average Bonchev–Trinajstić information content (AvgIpc) is 2.28. The van der Waals surface area contributed by atoms with E-state index in [1.54, 1.807) is 12.1 Å². The van der Waals surface area contributed by atoms with E-state index >= 15 is 0 Å². The summed E-state index contributed by atoms with van der Waals surface area (Å²) < 4.78 is 10.2. The lowest BCUT2D eigenvalue weighted by atomic mass is 10.1. The third-order valence-corrected chi connectivity index (χ3v) is 2.28. The van der Waals surface area contributed by atoms with Gasteiger partial charge in [-0.1, -0.05) is 0 Å². The van der Waals surface area contributed by atoms with Gasteiger partial charge in [0, 0.05) is 6.07 Å². The van der Waals surface area contributed by atoms with Crippen molar-refractivity contribution in [3.8, 4) is 5.75 Å². The quantitative estimate of drug-likeness (QED) is 0.767. The second-order valence-electron chi connectivity index (χ2n) is 3.19. The maximum Gasteiger partial charge on any atom is 0.205 e. The number of hydrogen-bond acceptors (Lipinski definition) is 5. The first-order valence-corrected chi connectivity index (χ1v) is 4.53. The summed E-state index contributed by atoms with van der Waals surface area (Å²) in [5.41, 5.74) is 5.16. The molecule has 1 aromatic carbocycles. The summed E-state index contributed by atoms with van der Waals surface area (Å²) >= 11 is 0. The number of fused-ring (bicyclic) bond motifs is 1. The molecule has 0 spiro atoms. The summed E-state index contributed by atoms with van der Waals surface area (Å²) in [6.07, 6.45) is 0.394. The summed E-state index contributed by atoms with van der Waals surface area (Å²) in [7, 11) is 1.50. The molecule has 16 heavy (non-hydrogen) atoms. The van der Waals surface area contributed by atoms with E-state index in [0.717, 1.165) is 0 Å². The molecule has 5 heteroatoms. The number of benzene rings is 1. The van der Waals surface area contributed by atoms with Crippen LogP contribution in [0.15, 0.2) is 27.4 Å². The maximum absolute atomic E-state index is 11.8. The summed E-state index contributed by atoms with van der Waals surface area (Å²) in [4.78, 5) is 22.4. The largest absolute Gasteiger partial charge is 0.497 e. The van der Waals surface area contributed by atoms with Crippen LogP contribution >= 0.6 is 0 Å². The molecule has 0 radical (unpaired) electrons. The minimum absolute atomic E-state index is 0.155. The fourth-order valence-electron chi connectivity index (χ4n) is 1.44. The fraction of sp³-hybridized carbons (Fsp3) is 0.0909. The number of carbonyl (C=O) groups is 1. The Morgan fingerprint density at radius 3 is 2.81 bits per heavy atom. The van der Waals surface area contributed by atoms with Gasteiger partial charge in [-0.3, -0.25) is 9.59 Å². The van der Waals surface area contributed by atoms with E-state index in [1.165, 1.54) is 13.2 Å². The van der Waals surface area contributed by atoms with Crippen molar-refractivity contribution in [2.24, 2.45) is 0 Å². The van der Waals surface area contributed by atoms with Crippen LogP contribution in [0.1, 0.15) is 10.4 Å². The molecule has 1 heterocycles. The number of aldehydes is 1. The molecule has 0 bridgehead atoms. The minimum Gasteiger partial charge on any atom is -0.497 e. The van der Waals surface area contributed by atoms with Crippen LogP contribution in [0.25, 0.3) is 11.0 Å². The van der Waals surface area contributed by atoms with Crippen molar-refractivity contribution >= 4 is 23.1 Å². The molecular weight excluding hydrogens is 210 g/mol. The molecule has 0 amide bonds. The van der Waals surface area contributed by atoms with Gasteiger partial charge in [0.25, 0.3) is 0 Å². The second kappa shape index (κ2) is 3.69. The summed E-state index contributed by atoms with van der Waals surface area (Å²) in [6, 6.07) is 4.69. The van der Waals surface area contributed by atoms with Gasteiger partial charge in [0.2, 0.25) is 11.3 Å². The van der Waals surface area contributed by atoms with Crippen LogP contribution in [0.4, 0.5) is 5.88 Å². The molecule has 2 aromatic rings. The van der Waals surface area contributed by atoms with Crippen molar-refractivity contribution in [2.45, 2.75) is 0 Å². The number of nitrogens with two attached hydrogens (primary N) is 1. The minimum atomic E-state index is -0.434. The molecule has 0 saturated carbocycles. The molecule has 1 aromatic heterocycles. The highest BCUT2D eigenvalue weighted by atomic mass is 16.5. The predicted molar refractivity (Wildman–Crippen MR) is 58.8 cm³/mol. The zero-order valence-electron chi connectivity index (χ0n) is 8.52. The number of hydrogen-bond donors (Lipinski definition) is 1. The molecule has 0 unspecified atom stereocenters. The maximum atomic E-state index is 11.8. The molecule has 2 N–H and O–H groups in total. The normalized spacial score (nSPS) is 10.3. The highest BCUT2D eigenvalue weighted by Crippen LogP contribution is 2.21. The van der Waals surface area contributed by atoms with Gasteiger partial charge in [-0.25, -0.2) is 0 Å². The molecule has 0 fully saturated rings. The van der Waals surface area contributed by atoms with Crippen LogP contribution in [0, 0.1) is 0 Å². The highest BCUT2D eigenvalue weighted by molar-refractivity contribution is 5.89. The summed E-state index contributed by atoms with van der Waals surface area (Å²) in [5, 5.41) is 0.303. The van der Waals surface area contributed by atoms with E-state index < -0.39 is 5.43 Å². The van der Waals surface area contributed by atoms with Crippen molar-refractivity contribution in [3.63, 3.8) is 0 Å². The molecule has 0 aliphatic carbocycles. The van der Waals surface area contributed by atoms with Gasteiger partial charge in [0.1, 0.15) is 16.9 Å². The van der Waals surface area contributed by atoms with Gasteiger partial charge < -0.3 is 14.9 Å². The van der Waals surface area contributed by atoms with Crippen molar-refractivity contribution in [2.75, 3.05) is 12.8 Å². The Morgan fingerprint density at radius 2 is 2.19 bits per heavy atom. The van der Waals surface area contributed by atoms with Crippen molar-refractivity contribution in [1.82, 2.24) is 0 Å². The lowest BCUT2D eigenvalue weighted by Gasteiger charge is -2.03. The first kappa shape index (κ1) is 10.2. The third kappa shape index (κ3) is 1.42. The molecule has 0 aliphatic heterocycles. The zero-order valence-corrected chi connectivity index (χ0v) is 8.52. The monoisotopic (exact) mass is 219 g/mol. The number of rotatable bonds is 2. The van der Waals surface area contributed by atoms with Gasteiger partial charge >= 0.3 is 0 Å². The average molecular weight is 219 g/mol. The summed E-state index contributed by atoms with van der Waals surface area (Å²) in [5.74, 6) is 0.370. The van der Waals surface area contributed by atoms with E-state index in [4.69, 9.17) is 14.9 Å². The van der Waals surface area contributed by atoms with E-state index in [1.807, 2.05) is 0 Å². The van der Waals surface area contributed by atoms with Crippen LogP contribution in [-0.2, 0) is 0 Å². The number of carbonyl (C=O) groups excluding carboxylic acids is 1. The molecule has 82 valence electrons. The number of ether oxygens (including phenoxy) is 1. The topological polar surface area (TPSA) is 82.5 Å². The van der Waals surface area contributed by atoms with Crippen molar-refractivity contribution in [3.05, 3.63) is 34.0 Å². The lowest BCUT2D eigenvalue weighted by molar-refractivity contribution is 0.112. The molecule has 0 aliphatic rings. The van der Waals surface area contributed by atoms with Crippen LogP contribution in [0.2, 0.25) is 0 Å². The number of nitrogen functional groups attached to an aromatic ring is 1. The molecule has 0 saturated heterocycles. The van der Waals surface area contributed by atoms with Crippen molar-refractivity contribution in [1.29, 1.82) is 0 Å². The SMILES string of the molecule is COc1ccc2c(=O)c(C=O)c(N)oc2c1.